The van der Waals surface area contributed by atoms with Crippen LogP contribution < -0.4 is 5.32 Å². The van der Waals surface area contributed by atoms with Gasteiger partial charge in [0.25, 0.3) is 0 Å². The fourth-order valence-corrected chi connectivity index (χ4v) is 1.26. The minimum atomic E-state index is -1.30. The number of anilines is 1. The van der Waals surface area contributed by atoms with E-state index >= 15 is 0 Å². The number of carbonyl (C=O) groups is 1. The molecule has 0 aliphatic heterocycles. The molecule has 0 saturated heterocycles. The predicted octanol–water partition coefficient (Wildman–Crippen LogP) is 1.76. The van der Waals surface area contributed by atoms with E-state index in [0.717, 1.165) is 6.07 Å². The third-order valence-electron chi connectivity index (χ3n) is 2.08. The fourth-order valence-electron chi connectivity index (χ4n) is 1.26. The molecule has 0 unspecified atom stereocenters. The third kappa shape index (κ3) is 3.99. The topological polar surface area (TPSA) is 71.5 Å². The van der Waals surface area contributed by atoms with E-state index in [4.69, 9.17) is 9.84 Å². The maximum atomic E-state index is 13.6. The molecule has 0 amide bonds. The van der Waals surface area contributed by atoms with Crippen LogP contribution in [0.1, 0.15) is 23.7 Å². The van der Waals surface area contributed by atoms with Crippen molar-refractivity contribution in [3.8, 4) is 0 Å². The number of nitrogens with one attached hydrogen (secondary N) is 1. The maximum Gasteiger partial charge on any atom is 0.338 e. The molecule has 0 spiro atoms. The lowest BCUT2D eigenvalue weighted by Gasteiger charge is -2.07. The van der Waals surface area contributed by atoms with Gasteiger partial charge in [0.2, 0.25) is 0 Å². The highest BCUT2D eigenvalue weighted by Crippen LogP contribution is 2.14. The van der Waals surface area contributed by atoms with Gasteiger partial charge in [-0.25, -0.2) is 14.2 Å². The Labute approximate surface area is 98.6 Å². The van der Waals surface area contributed by atoms with Crippen molar-refractivity contribution in [1.29, 1.82) is 0 Å². The highest BCUT2D eigenvalue weighted by molar-refractivity contribution is 5.88. The highest BCUT2D eigenvalue weighted by Gasteiger charge is 2.14. The summed E-state index contributed by atoms with van der Waals surface area (Å²) in [6, 6.07) is 1.13. The molecule has 0 bridgehead atoms. The molecule has 1 rings (SSSR count). The van der Waals surface area contributed by atoms with E-state index in [-0.39, 0.29) is 11.4 Å². The van der Waals surface area contributed by atoms with Crippen LogP contribution in [-0.4, -0.2) is 35.8 Å². The highest BCUT2D eigenvalue weighted by atomic mass is 19.1. The number of nitrogens with zero attached hydrogens (tertiary/aromatic N) is 1. The van der Waals surface area contributed by atoms with Crippen molar-refractivity contribution in [2.24, 2.45) is 0 Å². The minimum Gasteiger partial charge on any atom is -0.478 e. The number of hydrogen-bond donors (Lipinski definition) is 2. The van der Waals surface area contributed by atoms with Gasteiger partial charge in [0.1, 0.15) is 5.56 Å². The van der Waals surface area contributed by atoms with Crippen LogP contribution in [0.5, 0.6) is 0 Å². The van der Waals surface area contributed by atoms with Crippen LogP contribution in [-0.2, 0) is 4.74 Å². The molecule has 0 aliphatic rings. The van der Waals surface area contributed by atoms with Gasteiger partial charge in [-0.1, -0.05) is 0 Å². The average molecular weight is 242 g/mol. The second-order valence-electron chi connectivity index (χ2n) is 3.30. The molecule has 94 valence electrons. The van der Waals surface area contributed by atoms with Gasteiger partial charge >= 0.3 is 5.97 Å². The van der Waals surface area contributed by atoms with Crippen LogP contribution in [0.25, 0.3) is 0 Å². The van der Waals surface area contributed by atoms with Crippen LogP contribution in [0, 0.1) is 5.82 Å². The van der Waals surface area contributed by atoms with Crippen LogP contribution >= 0.6 is 0 Å². The number of aromatic nitrogens is 1. The summed E-state index contributed by atoms with van der Waals surface area (Å²) in [4.78, 5) is 14.4. The largest absolute Gasteiger partial charge is 0.478 e. The number of halogens is 1. The molecule has 0 saturated carbocycles. The molecule has 2 N–H and O–H groups in total. The van der Waals surface area contributed by atoms with Crippen molar-refractivity contribution in [1.82, 2.24) is 4.98 Å². The van der Waals surface area contributed by atoms with E-state index in [9.17, 15) is 9.18 Å². The van der Waals surface area contributed by atoms with Crippen molar-refractivity contribution in [3.05, 3.63) is 23.6 Å². The van der Waals surface area contributed by atoms with Gasteiger partial charge in [-0.2, -0.15) is 0 Å². The Hall–Kier alpha value is -1.69. The van der Waals surface area contributed by atoms with Crippen molar-refractivity contribution in [3.63, 3.8) is 0 Å². The molecule has 1 heterocycles. The Morgan fingerprint density at radius 1 is 1.65 bits per heavy atom. The van der Waals surface area contributed by atoms with E-state index < -0.39 is 11.8 Å². The summed E-state index contributed by atoms with van der Waals surface area (Å²) in [5.41, 5.74) is -0.382. The van der Waals surface area contributed by atoms with Gasteiger partial charge in [-0.3, -0.25) is 0 Å². The molecule has 17 heavy (non-hydrogen) atoms. The summed E-state index contributed by atoms with van der Waals surface area (Å²) in [5, 5.41) is 11.5. The fraction of sp³-hybridized carbons (Fsp3) is 0.455. The lowest BCUT2D eigenvalue weighted by Crippen LogP contribution is -2.11. The summed E-state index contributed by atoms with van der Waals surface area (Å²) in [6.45, 7) is 3.59. The van der Waals surface area contributed by atoms with Gasteiger partial charge < -0.3 is 15.2 Å². The van der Waals surface area contributed by atoms with Crippen molar-refractivity contribution >= 4 is 11.8 Å². The van der Waals surface area contributed by atoms with E-state index in [0.29, 0.717) is 26.2 Å². The first-order chi connectivity index (χ1) is 8.16. The zero-order chi connectivity index (χ0) is 12.7. The smallest absolute Gasteiger partial charge is 0.338 e. The number of pyridine rings is 1. The average Bonchev–Trinajstić information content (AvgIpc) is 2.30. The number of ether oxygens (including phenoxy) is 1. The zero-order valence-electron chi connectivity index (χ0n) is 9.57. The first-order valence-corrected chi connectivity index (χ1v) is 5.36. The van der Waals surface area contributed by atoms with E-state index in [1.807, 2.05) is 6.92 Å². The van der Waals surface area contributed by atoms with Crippen molar-refractivity contribution < 1.29 is 19.0 Å². The summed E-state index contributed by atoms with van der Waals surface area (Å²) in [5.74, 6) is -2.18. The van der Waals surface area contributed by atoms with Crippen molar-refractivity contribution in [2.45, 2.75) is 13.3 Å². The number of rotatable bonds is 7. The first-order valence-electron chi connectivity index (χ1n) is 5.36. The molecule has 0 radical (unpaired) electrons. The van der Waals surface area contributed by atoms with Gasteiger partial charge in [-0.05, 0) is 19.4 Å². The van der Waals surface area contributed by atoms with Crippen LogP contribution in [0.3, 0.4) is 0 Å². The number of carboxylic acids is 1. The lowest BCUT2D eigenvalue weighted by molar-refractivity contribution is 0.0692. The molecular formula is C11H15FN2O3. The van der Waals surface area contributed by atoms with E-state index in [1.165, 1.54) is 6.20 Å². The van der Waals surface area contributed by atoms with Crippen molar-refractivity contribution in [2.75, 3.05) is 25.1 Å². The van der Waals surface area contributed by atoms with Gasteiger partial charge in [0.05, 0.1) is 0 Å². The molecule has 0 fully saturated rings. The molecule has 0 atom stereocenters. The zero-order valence-corrected chi connectivity index (χ0v) is 9.57. The minimum absolute atomic E-state index is 0.0404. The monoisotopic (exact) mass is 242 g/mol. The third-order valence-corrected chi connectivity index (χ3v) is 2.08. The summed E-state index contributed by atoms with van der Waals surface area (Å²) < 4.78 is 18.7. The summed E-state index contributed by atoms with van der Waals surface area (Å²) >= 11 is 0. The number of carboxylic acid groups (broad SMARTS) is 1. The standard InChI is InChI=1S/C11H15FN2O3/c1-2-17-7-3-5-13-10-9(12)8(11(15)16)4-6-14-10/h4,6H,2-3,5,7H2,1H3,(H,13,14)(H,15,16). The van der Waals surface area contributed by atoms with Gasteiger partial charge in [-0.15, -0.1) is 0 Å². The van der Waals surface area contributed by atoms with Crippen LogP contribution in [0.15, 0.2) is 12.3 Å². The number of aromatic carboxylic acids is 1. The van der Waals surface area contributed by atoms with Gasteiger partial charge in [0, 0.05) is 26.0 Å². The Kier molecular flexibility index (Phi) is 5.35. The predicted molar refractivity (Wildman–Crippen MR) is 60.8 cm³/mol. The van der Waals surface area contributed by atoms with E-state index in [1.54, 1.807) is 0 Å². The van der Waals surface area contributed by atoms with Crippen LogP contribution in [0.4, 0.5) is 10.2 Å². The summed E-state index contributed by atoms with van der Waals surface area (Å²) in [6.07, 6.45) is 1.96. The van der Waals surface area contributed by atoms with E-state index in [2.05, 4.69) is 10.3 Å². The molecule has 1 aromatic heterocycles. The summed E-state index contributed by atoms with van der Waals surface area (Å²) in [7, 11) is 0. The second-order valence-corrected chi connectivity index (χ2v) is 3.30. The molecule has 5 nitrogen and oxygen atoms in total. The Balaban J connectivity index is 2.54. The first kappa shape index (κ1) is 13.4. The Morgan fingerprint density at radius 3 is 3.06 bits per heavy atom. The molecule has 6 heteroatoms. The Bertz CT molecular complexity index is 385. The molecular weight excluding hydrogens is 227 g/mol. The lowest BCUT2D eigenvalue weighted by atomic mass is 10.2. The molecule has 0 aromatic carbocycles. The van der Waals surface area contributed by atoms with Gasteiger partial charge in [0.15, 0.2) is 11.6 Å². The Morgan fingerprint density at radius 2 is 2.41 bits per heavy atom. The quantitative estimate of drug-likeness (QED) is 0.713. The normalized spacial score (nSPS) is 10.2. The maximum absolute atomic E-state index is 13.6. The second kappa shape index (κ2) is 6.80. The SMILES string of the molecule is CCOCCCNc1nccc(C(=O)O)c1F. The number of hydrogen-bond acceptors (Lipinski definition) is 4. The van der Waals surface area contributed by atoms with Crippen LogP contribution in [0.2, 0.25) is 0 Å². The molecule has 0 aliphatic carbocycles. The molecule has 1 aromatic rings.